The molecule has 104 valence electrons. The highest BCUT2D eigenvalue weighted by atomic mass is 16.4. The molecule has 0 aliphatic carbocycles. The average molecular weight is 268 g/mol. The van der Waals surface area contributed by atoms with E-state index in [1.807, 2.05) is 30.3 Å². The van der Waals surface area contributed by atoms with Crippen LogP contribution in [0.15, 0.2) is 54.6 Å². The smallest absolute Gasteiger partial charge is 0.306 e. The number of carboxylic acid groups (broad SMARTS) is 1. The summed E-state index contributed by atoms with van der Waals surface area (Å²) in [7, 11) is 0. The second-order valence-corrected chi connectivity index (χ2v) is 5.32. The molecule has 0 aliphatic rings. The molecule has 0 saturated carbocycles. The molecule has 0 bridgehead atoms. The first-order valence-electron chi connectivity index (χ1n) is 6.94. The van der Waals surface area contributed by atoms with Crippen LogP contribution in [0.1, 0.15) is 36.5 Å². The van der Waals surface area contributed by atoms with Crippen LogP contribution in [0.25, 0.3) is 0 Å². The topological polar surface area (TPSA) is 37.3 Å². The fraction of sp³-hybridized carbons (Fsp3) is 0.278. The third-order valence-electron chi connectivity index (χ3n) is 3.71. The van der Waals surface area contributed by atoms with E-state index in [4.69, 9.17) is 5.11 Å². The van der Waals surface area contributed by atoms with Gasteiger partial charge in [-0.25, -0.2) is 0 Å². The molecule has 0 fully saturated rings. The largest absolute Gasteiger partial charge is 0.481 e. The first kappa shape index (κ1) is 14.3. The summed E-state index contributed by atoms with van der Waals surface area (Å²) in [6, 6.07) is 18.6. The Morgan fingerprint density at radius 1 is 1.00 bits per heavy atom. The molecule has 2 nitrogen and oxygen atoms in total. The SMILES string of the molecule is CC(Cc1cccc(C(C)c2ccccc2)c1)C(=O)O. The van der Waals surface area contributed by atoms with Gasteiger partial charge in [-0.3, -0.25) is 4.79 Å². The van der Waals surface area contributed by atoms with E-state index in [0.717, 1.165) is 5.56 Å². The lowest BCUT2D eigenvalue weighted by molar-refractivity contribution is -0.141. The summed E-state index contributed by atoms with van der Waals surface area (Å²) in [5.74, 6) is -0.778. The molecule has 2 rings (SSSR count). The number of carboxylic acids is 1. The fourth-order valence-corrected chi connectivity index (χ4v) is 2.36. The normalized spacial score (nSPS) is 13.7. The lowest BCUT2D eigenvalue weighted by atomic mass is 9.90. The zero-order chi connectivity index (χ0) is 14.5. The Morgan fingerprint density at radius 3 is 2.30 bits per heavy atom. The molecule has 0 saturated heterocycles. The number of aliphatic carboxylic acids is 1. The van der Waals surface area contributed by atoms with Gasteiger partial charge in [-0.1, -0.05) is 68.4 Å². The van der Waals surface area contributed by atoms with Crippen LogP contribution in [-0.4, -0.2) is 11.1 Å². The first-order chi connectivity index (χ1) is 9.58. The molecule has 2 atom stereocenters. The Labute approximate surface area is 120 Å². The van der Waals surface area contributed by atoms with Crippen molar-refractivity contribution in [1.82, 2.24) is 0 Å². The molecule has 0 aliphatic heterocycles. The second kappa shape index (κ2) is 6.38. The summed E-state index contributed by atoms with van der Waals surface area (Å²) < 4.78 is 0. The van der Waals surface area contributed by atoms with Gasteiger partial charge in [0.05, 0.1) is 5.92 Å². The number of carbonyl (C=O) groups is 1. The van der Waals surface area contributed by atoms with Gasteiger partial charge in [0.15, 0.2) is 0 Å². The fourth-order valence-electron chi connectivity index (χ4n) is 2.36. The van der Waals surface area contributed by atoms with Gasteiger partial charge >= 0.3 is 5.97 Å². The third-order valence-corrected chi connectivity index (χ3v) is 3.71. The molecule has 2 aromatic rings. The minimum Gasteiger partial charge on any atom is -0.481 e. The average Bonchev–Trinajstić information content (AvgIpc) is 2.47. The van der Waals surface area contributed by atoms with Crippen molar-refractivity contribution in [3.8, 4) is 0 Å². The third kappa shape index (κ3) is 3.47. The Balaban J connectivity index is 2.19. The van der Waals surface area contributed by atoms with Crippen LogP contribution >= 0.6 is 0 Å². The maximum Gasteiger partial charge on any atom is 0.306 e. The van der Waals surface area contributed by atoms with Crippen molar-refractivity contribution in [1.29, 1.82) is 0 Å². The molecule has 2 aromatic carbocycles. The predicted octanol–water partition coefficient (Wildman–Crippen LogP) is 4.10. The number of hydrogen-bond donors (Lipinski definition) is 1. The quantitative estimate of drug-likeness (QED) is 0.886. The van der Waals surface area contributed by atoms with Crippen molar-refractivity contribution in [3.05, 3.63) is 71.3 Å². The van der Waals surface area contributed by atoms with Crippen molar-refractivity contribution in [2.45, 2.75) is 26.2 Å². The monoisotopic (exact) mass is 268 g/mol. The van der Waals surface area contributed by atoms with E-state index >= 15 is 0 Å². The number of hydrogen-bond acceptors (Lipinski definition) is 1. The standard InChI is InChI=1S/C18H20O2/c1-13(18(19)20)11-15-7-6-10-17(12-15)14(2)16-8-4-3-5-9-16/h3-10,12-14H,11H2,1-2H3,(H,19,20). The highest BCUT2D eigenvalue weighted by Crippen LogP contribution is 2.25. The van der Waals surface area contributed by atoms with E-state index in [1.54, 1.807) is 6.92 Å². The first-order valence-corrected chi connectivity index (χ1v) is 6.94. The lowest BCUT2D eigenvalue weighted by Crippen LogP contribution is -2.12. The van der Waals surface area contributed by atoms with Crippen molar-refractivity contribution >= 4 is 5.97 Å². The van der Waals surface area contributed by atoms with E-state index < -0.39 is 5.97 Å². The van der Waals surface area contributed by atoms with Crippen LogP contribution in [0.4, 0.5) is 0 Å². The van der Waals surface area contributed by atoms with E-state index in [9.17, 15) is 4.79 Å². The van der Waals surface area contributed by atoms with Crippen LogP contribution in [0, 0.1) is 5.92 Å². The summed E-state index contributed by atoms with van der Waals surface area (Å²) in [5.41, 5.74) is 3.59. The molecule has 0 radical (unpaired) electrons. The molecule has 2 unspecified atom stereocenters. The summed E-state index contributed by atoms with van der Waals surface area (Å²) >= 11 is 0. The summed E-state index contributed by atoms with van der Waals surface area (Å²) in [4.78, 5) is 10.9. The van der Waals surface area contributed by atoms with Crippen LogP contribution in [-0.2, 0) is 11.2 Å². The van der Waals surface area contributed by atoms with Gasteiger partial charge in [0.25, 0.3) is 0 Å². The van der Waals surface area contributed by atoms with Gasteiger partial charge in [0, 0.05) is 5.92 Å². The second-order valence-electron chi connectivity index (χ2n) is 5.32. The van der Waals surface area contributed by atoms with Crippen LogP contribution in [0.5, 0.6) is 0 Å². The van der Waals surface area contributed by atoms with E-state index in [-0.39, 0.29) is 5.92 Å². The zero-order valence-corrected chi connectivity index (χ0v) is 11.9. The summed E-state index contributed by atoms with van der Waals surface area (Å²) in [5, 5.41) is 9.00. The minimum atomic E-state index is -0.744. The molecule has 0 heterocycles. The number of rotatable bonds is 5. The Bertz CT molecular complexity index is 575. The summed E-state index contributed by atoms with van der Waals surface area (Å²) in [6.07, 6.45) is 0.574. The predicted molar refractivity (Wildman–Crippen MR) is 80.9 cm³/mol. The van der Waals surface area contributed by atoms with Gasteiger partial charge in [-0.05, 0) is 23.1 Å². The molecular weight excluding hydrogens is 248 g/mol. The van der Waals surface area contributed by atoms with Crippen molar-refractivity contribution in [3.63, 3.8) is 0 Å². The van der Waals surface area contributed by atoms with Gasteiger partial charge < -0.3 is 5.11 Å². The molecule has 0 amide bonds. The van der Waals surface area contributed by atoms with Gasteiger partial charge in [-0.2, -0.15) is 0 Å². The van der Waals surface area contributed by atoms with Gasteiger partial charge in [0.1, 0.15) is 0 Å². The Kier molecular flexibility index (Phi) is 4.57. The van der Waals surface area contributed by atoms with Crippen molar-refractivity contribution in [2.24, 2.45) is 5.92 Å². The van der Waals surface area contributed by atoms with Gasteiger partial charge in [0.2, 0.25) is 0 Å². The highest BCUT2D eigenvalue weighted by molar-refractivity contribution is 5.69. The zero-order valence-electron chi connectivity index (χ0n) is 11.9. The maximum atomic E-state index is 10.9. The Morgan fingerprint density at radius 2 is 1.65 bits per heavy atom. The molecular formula is C18H20O2. The van der Waals surface area contributed by atoms with E-state index in [0.29, 0.717) is 12.3 Å². The minimum absolute atomic E-state index is 0.316. The summed E-state index contributed by atoms with van der Waals surface area (Å²) in [6.45, 7) is 3.92. The molecule has 1 N–H and O–H groups in total. The van der Waals surface area contributed by atoms with E-state index in [1.165, 1.54) is 11.1 Å². The highest BCUT2D eigenvalue weighted by Gasteiger charge is 2.13. The molecule has 0 spiro atoms. The van der Waals surface area contributed by atoms with Gasteiger partial charge in [-0.15, -0.1) is 0 Å². The molecule has 0 aromatic heterocycles. The Hall–Kier alpha value is -2.09. The number of benzene rings is 2. The lowest BCUT2D eigenvalue weighted by Gasteiger charge is -2.14. The molecule has 20 heavy (non-hydrogen) atoms. The van der Waals surface area contributed by atoms with Crippen molar-refractivity contribution in [2.75, 3.05) is 0 Å². The van der Waals surface area contributed by atoms with Crippen LogP contribution in [0.2, 0.25) is 0 Å². The van der Waals surface area contributed by atoms with Crippen molar-refractivity contribution < 1.29 is 9.90 Å². The maximum absolute atomic E-state index is 10.9. The molecule has 2 heteroatoms. The van der Waals surface area contributed by atoms with E-state index in [2.05, 4.69) is 31.2 Å². The van der Waals surface area contributed by atoms with Crippen LogP contribution < -0.4 is 0 Å². The van der Waals surface area contributed by atoms with Crippen LogP contribution in [0.3, 0.4) is 0 Å².